The molecular weight excluding hydrogens is 217 g/mol. The Kier molecular flexibility index (Phi) is 3.57. The van der Waals surface area contributed by atoms with Crippen LogP contribution in [0.1, 0.15) is 25.0 Å². The molecule has 1 aromatic rings. The highest BCUT2D eigenvalue weighted by Crippen LogP contribution is 2.32. The summed E-state index contributed by atoms with van der Waals surface area (Å²) in [4.78, 5) is 3.53. The lowest BCUT2D eigenvalue weighted by Crippen LogP contribution is -2.38. The quantitative estimate of drug-likeness (QED) is 0.866. The summed E-state index contributed by atoms with van der Waals surface area (Å²) in [5.41, 5.74) is -0.762. The van der Waals surface area contributed by atoms with Crippen molar-refractivity contribution < 1.29 is 13.2 Å². The smallest absolute Gasteiger partial charge is 0.314 e. The van der Waals surface area contributed by atoms with Crippen LogP contribution in [-0.4, -0.2) is 17.6 Å². The van der Waals surface area contributed by atoms with E-state index in [1.54, 1.807) is 7.05 Å². The lowest BCUT2D eigenvalue weighted by Gasteiger charge is -2.25. The SMILES string of the molecule is CNC(C)(C)Cc1ccncc1C(F)(F)F. The maximum atomic E-state index is 12.7. The summed E-state index contributed by atoms with van der Waals surface area (Å²) in [5.74, 6) is 0. The van der Waals surface area contributed by atoms with Crippen molar-refractivity contribution in [3.05, 3.63) is 29.6 Å². The highest BCUT2D eigenvalue weighted by Gasteiger charge is 2.34. The highest BCUT2D eigenvalue weighted by atomic mass is 19.4. The minimum Gasteiger partial charge on any atom is -0.314 e. The van der Waals surface area contributed by atoms with Gasteiger partial charge in [-0.25, -0.2) is 0 Å². The number of nitrogens with zero attached hydrogens (tertiary/aromatic N) is 1. The van der Waals surface area contributed by atoms with Gasteiger partial charge in [-0.3, -0.25) is 4.98 Å². The lowest BCUT2D eigenvalue weighted by atomic mass is 9.93. The molecule has 0 aromatic carbocycles. The fourth-order valence-corrected chi connectivity index (χ4v) is 1.40. The van der Waals surface area contributed by atoms with E-state index in [0.29, 0.717) is 6.42 Å². The molecule has 0 saturated carbocycles. The molecule has 0 radical (unpaired) electrons. The van der Waals surface area contributed by atoms with Crippen molar-refractivity contribution in [1.82, 2.24) is 10.3 Å². The Labute approximate surface area is 92.9 Å². The Morgan fingerprint density at radius 1 is 1.31 bits per heavy atom. The second-order valence-electron chi connectivity index (χ2n) is 4.34. The molecule has 0 atom stereocenters. The predicted molar refractivity (Wildman–Crippen MR) is 56.1 cm³/mol. The second-order valence-corrected chi connectivity index (χ2v) is 4.34. The first kappa shape index (κ1) is 13.0. The van der Waals surface area contributed by atoms with Crippen molar-refractivity contribution in [1.29, 1.82) is 0 Å². The first-order valence-electron chi connectivity index (χ1n) is 4.95. The van der Waals surface area contributed by atoms with E-state index in [-0.39, 0.29) is 11.1 Å². The fraction of sp³-hybridized carbons (Fsp3) is 0.545. The zero-order chi connectivity index (χ0) is 12.4. The number of rotatable bonds is 3. The van der Waals surface area contributed by atoms with Crippen LogP contribution in [0.15, 0.2) is 18.5 Å². The van der Waals surface area contributed by atoms with E-state index < -0.39 is 11.7 Å². The van der Waals surface area contributed by atoms with Crippen molar-refractivity contribution in [2.45, 2.75) is 32.0 Å². The highest BCUT2D eigenvalue weighted by molar-refractivity contribution is 5.27. The first-order chi connectivity index (χ1) is 7.26. The van der Waals surface area contributed by atoms with Gasteiger partial charge in [-0.15, -0.1) is 0 Å². The van der Waals surface area contributed by atoms with Crippen LogP contribution in [0, 0.1) is 0 Å². The van der Waals surface area contributed by atoms with Gasteiger partial charge in [-0.1, -0.05) is 0 Å². The molecule has 0 unspecified atom stereocenters. The summed E-state index contributed by atoms with van der Waals surface area (Å²) in [5, 5.41) is 2.98. The Hall–Kier alpha value is -1.10. The molecule has 0 aliphatic carbocycles. The third-order valence-corrected chi connectivity index (χ3v) is 2.53. The van der Waals surface area contributed by atoms with Gasteiger partial charge in [0, 0.05) is 17.9 Å². The second kappa shape index (κ2) is 4.41. The summed E-state index contributed by atoms with van der Waals surface area (Å²) in [7, 11) is 1.73. The van der Waals surface area contributed by atoms with Crippen molar-refractivity contribution in [3.8, 4) is 0 Å². The van der Waals surface area contributed by atoms with Crippen LogP contribution in [0.4, 0.5) is 13.2 Å². The summed E-state index contributed by atoms with van der Waals surface area (Å²) in [6.07, 6.45) is -1.77. The molecule has 0 amide bonds. The molecule has 0 aliphatic heterocycles. The number of nitrogens with one attached hydrogen (secondary N) is 1. The van der Waals surface area contributed by atoms with Gasteiger partial charge < -0.3 is 5.32 Å². The van der Waals surface area contributed by atoms with E-state index in [1.165, 1.54) is 12.3 Å². The summed E-state index contributed by atoms with van der Waals surface area (Å²) < 4.78 is 38.0. The Balaban J connectivity index is 3.06. The van der Waals surface area contributed by atoms with Gasteiger partial charge in [-0.05, 0) is 38.9 Å². The lowest BCUT2D eigenvalue weighted by molar-refractivity contribution is -0.138. The van der Waals surface area contributed by atoms with E-state index in [4.69, 9.17) is 0 Å². The van der Waals surface area contributed by atoms with Crippen LogP contribution in [-0.2, 0) is 12.6 Å². The molecule has 90 valence electrons. The summed E-state index contributed by atoms with van der Waals surface area (Å²) in [6, 6.07) is 1.42. The minimum absolute atomic E-state index is 0.266. The molecule has 0 bridgehead atoms. The largest absolute Gasteiger partial charge is 0.418 e. The predicted octanol–water partition coefficient (Wildman–Crippen LogP) is 2.64. The average Bonchev–Trinajstić information content (AvgIpc) is 2.16. The number of hydrogen-bond acceptors (Lipinski definition) is 2. The van der Waals surface area contributed by atoms with Crippen LogP contribution in [0.5, 0.6) is 0 Å². The van der Waals surface area contributed by atoms with E-state index in [2.05, 4.69) is 10.3 Å². The molecule has 5 heteroatoms. The molecule has 1 aromatic heterocycles. The van der Waals surface area contributed by atoms with Gasteiger partial charge >= 0.3 is 6.18 Å². The van der Waals surface area contributed by atoms with Gasteiger partial charge in [0.2, 0.25) is 0 Å². The molecule has 2 nitrogen and oxygen atoms in total. The number of aromatic nitrogens is 1. The third-order valence-electron chi connectivity index (χ3n) is 2.53. The zero-order valence-electron chi connectivity index (χ0n) is 9.52. The summed E-state index contributed by atoms with van der Waals surface area (Å²) >= 11 is 0. The van der Waals surface area contributed by atoms with Crippen LogP contribution in [0.2, 0.25) is 0 Å². The number of likely N-dealkylation sites (N-methyl/N-ethyl adjacent to an activating group) is 1. The number of alkyl halides is 3. The first-order valence-corrected chi connectivity index (χ1v) is 4.95. The van der Waals surface area contributed by atoms with Gasteiger partial charge in [-0.2, -0.15) is 13.2 Å². The van der Waals surface area contributed by atoms with Crippen molar-refractivity contribution in [2.75, 3.05) is 7.05 Å². The molecule has 1 heterocycles. The fourth-order valence-electron chi connectivity index (χ4n) is 1.40. The molecule has 1 rings (SSSR count). The van der Waals surface area contributed by atoms with Crippen molar-refractivity contribution in [3.63, 3.8) is 0 Å². The summed E-state index contributed by atoms with van der Waals surface area (Å²) in [6.45, 7) is 3.71. The van der Waals surface area contributed by atoms with Gasteiger partial charge in [0.1, 0.15) is 0 Å². The Morgan fingerprint density at radius 3 is 2.44 bits per heavy atom. The zero-order valence-corrected chi connectivity index (χ0v) is 9.52. The topological polar surface area (TPSA) is 24.9 Å². The average molecular weight is 232 g/mol. The van der Waals surface area contributed by atoms with Gasteiger partial charge in [0.05, 0.1) is 5.56 Å². The van der Waals surface area contributed by atoms with E-state index in [1.807, 2.05) is 13.8 Å². The normalized spacial score (nSPS) is 12.9. The van der Waals surface area contributed by atoms with Crippen LogP contribution >= 0.6 is 0 Å². The van der Waals surface area contributed by atoms with Gasteiger partial charge in [0.25, 0.3) is 0 Å². The van der Waals surface area contributed by atoms with E-state index in [9.17, 15) is 13.2 Å². The molecule has 0 fully saturated rings. The van der Waals surface area contributed by atoms with Crippen molar-refractivity contribution in [2.24, 2.45) is 0 Å². The third kappa shape index (κ3) is 3.20. The monoisotopic (exact) mass is 232 g/mol. The molecule has 0 spiro atoms. The van der Waals surface area contributed by atoms with Crippen LogP contribution < -0.4 is 5.32 Å². The van der Waals surface area contributed by atoms with E-state index in [0.717, 1.165) is 6.20 Å². The number of halogens is 3. The van der Waals surface area contributed by atoms with E-state index >= 15 is 0 Å². The molecule has 16 heavy (non-hydrogen) atoms. The molecule has 0 saturated heterocycles. The Morgan fingerprint density at radius 2 is 1.94 bits per heavy atom. The van der Waals surface area contributed by atoms with Crippen LogP contribution in [0.3, 0.4) is 0 Å². The molecular formula is C11H15F3N2. The standard InChI is InChI=1S/C11H15F3N2/c1-10(2,15-3)6-8-4-5-16-7-9(8)11(12,13)14/h4-5,7,15H,6H2,1-3H3. The minimum atomic E-state index is -4.34. The van der Waals surface area contributed by atoms with Gasteiger partial charge in [0.15, 0.2) is 0 Å². The molecule has 0 aliphatic rings. The van der Waals surface area contributed by atoms with Crippen LogP contribution in [0.25, 0.3) is 0 Å². The number of hydrogen-bond donors (Lipinski definition) is 1. The van der Waals surface area contributed by atoms with Crippen molar-refractivity contribution >= 4 is 0 Å². The maximum absolute atomic E-state index is 12.7. The Bertz CT molecular complexity index is 358. The maximum Gasteiger partial charge on any atom is 0.418 e. The molecule has 1 N–H and O–H groups in total. The number of pyridine rings is 1.